The van der Waals surface area contributed by atoms with Crippen LogP contribution in [0.15, 0.2) is 81.7 Å². The number of furan rings is 1. The molecule has 3 N–H and O–H groups in total. The quantitative estimate of drug-likeness (QED) is 0.153. The lowest BCUT2D eigenvalue weighted by atomic mass is 10.0. The van der Waals surface area contributed by atoms with Crippen molar-refractivity contribution < 1.29 is 41.9 Å². The zero-order chi connectivity index (χ0) is 33.9. The van der Waals surface area contributed by atoms with E-state index >= 15 is 8.78 Å². The van der Waals surface area contributed by atoms with E-state index < -0.39 is 47.7 Å². The number of halogens is 2. The third kappa shape index (κ3) is 7.87. The van der Waals surface area contributed by atoms with Crippen molar-refractivity contribution in [1.29, 1.82) is 0 Å². The summed E-state index contributed by atoms with van der Waals surface area (Å²) in [6.07, 6.45) is -1.19. The van der Waals surface area contributed by atoms with Crippen LogP contribution in [-0.2, 0) is 16.0 Å². The molecule has 5 aromatic rings. The molecule has 11 nitrogen and oxygen atoms in total. The fraction of sp³-hybridized carbons (Fsp3) is 0.206. The number of carbonyl (C=O) groups is 3. The van der Waals surface area contributed by atoms with Crippen LogP contribution in [0.5, 0.6) is 0 Å². The number of amides is 2. The molecule has 0 spiro atoms. The van der Waals surface area contributed by atoms with Gasteiger partial charge in [0.2, 0.25) is 5.82 Å². The van der Waals surface area contributed by atoms with Gasteiger partial charge in [0.15, 0.2) is 17.4 Å². The molecule has 0 saturated carbocycles. The predicted octanol–water partition coefficient (Wildman–Crippen LogP) is 7.02. The fourth-order valence-corrected chi connectivity index (χ4v) is 4.47. The summed E-state index contributed by atoms with van der Waals surface area (Å²) in [6, 6.07) is 17.4. The van der Waals surface area contributed by atoms with Crippen LogP contribution in [0, 0.1) is 18.6 Å². The first-order chi connectivity index (χ1) is 22.3. The lowest BCUT2D eigenvalue weighted by Gasteiger charge is -2.19. The summed E-state index contributed by atoms with van der Waals surface area (Å²) >= 11 is 0. The number of carbonyl (C=O) groups excluding carboxylic acids is 2. The van der Waals surface area contributed by atoms with Crippen LogP contribution in [-0.4, -0.2) is 44.9 Å². The van der Waals surface area contributed by atoms with E-state index in [-0.39, 0.29) is 28.6 Å². The molecule has 5 rings (SSSR count). The zero-order valence-electron chi connectivity index (χ0n) is 25.8. The van der Waals surface area contributed by atoms with Gasteiger partial charge in [-0.1, -0.05) is 41.1 Å². The summed E-state index contributed by atoms with van der Waals surface area (Å²) in [6.45, 7) is 7.15. The van der Waals surface area contributed by atoms with Crippen LogP contribution in [0.3, 0.4) is 0 Å². The van der Waals surface area contributed by atoms with Gasteiger partial charge in [-0.15, -0.1) is 0 Å². The van der Waals surface area contributed by atoms with Gasteiger partial charge in [0.25, 0.3) is 11.8 Å². The highest BCUT2D eigenvalue weighted by Gasteiger charge is 2.27. The van der Waals surface area contributed by atoms with E-state index in [1.54, 1.807) is 51.1 Å². The molecular weight excluding hydrogens is 614 g/mol. The largest absolute Gasteiger partial charge is 0.480 e. The van der Waals surface area contributed by atoms with Gasteiger partial charge in [0.1, 0.15) is 17.4 Å². The van der Waals surface area contributed by atoms with Gasteiger partial charge in [-0.2, -0.15) is 4.98 Å². The molecule has 0 bridgehead atoms. The summed E-state index contributed by atoms with van der Waals surface area (Å²) in [4.78, 5) is 40.9. The van der Waals surface area contributed by atoms with Gasteiger partial charge in [0.05, 0.1) is 5.56 Å². The minimum absolute atomic E-state index is 0.00446. The Hall–Kier alpha value is -5.85. The number of hydrogen-bond acceptors (Lipinski definition) is 8. The monoisotopic (exact) mass is 644 g/mol. The molecule has 2 amide bonds. The second-order valence-electron chi connectivity index (χ2n) is 11.6. The molecule has 13 heteroatoms. The second kappa shape index (κ2) is 13.3. The molecule has 0 fully saturated rings. The Bertz CT molecular complexity index is 1930. The number of ether oxygens (including phenoxy) is 1. The molecule has 0 aliphatic heterocycles. The Balaban J connectivity index is 1.26. The molecule has 242 valence electrons. The first-order valence-electron chi connectivity index (χ1n) is 14.4. The van der Waals surface area contributed by atoms with Crippen molar-refractivity contribution in [3.8, 4) is 34.2 Å². The van der Waals surface area contributed by atoms with Crippen LogP contribution in [0.2, 0.25) is 0 Å². The number of hydrogen-bond donors (Lipinski definition) is 3. The molecule has 3 aromatic carbocycles. The average Bonchev–Trinajstić information content (AvgIpc) is 3.70. The normalized spacial score (nSPS) is 12.0. The molecule has 1 unspecified atom stereocenters. The number of benzene rings is 3. The Morgan fingerprint density at radius 3 is 2.26 bits per heavy atom. The van der Waals surface area contributed by atoms with Gasteiger partial charge < -0.3 is 24.1 Å². The van der Waals surface area contributed by atoms with E-state index in [9.17, 15) is 19.5 Å². The topological polar surface area (TPSA) is 157 Å². The number of aliphatic carboxylic acids is 1. The minimum Gasteiger partial charge on any atom is -0.480 e. The SMILES string of the molecule is Cc1ccc(-c2ccc(C(=O)NC(Cc3ccc(-c4noc(-c5ccc(NC(=O)OC(C)(C)C)cc5)n4)c(F)c3F)C(=O)O)o2)cc1. The predicted molar refractivity (Wildman–Crippen MR) is 166 cm³/mol. The number of rotatable bonds is 9. The first-order valence-corrected chi connectivity index (χ1v) is 14.4. The molecule has 0 aliphatic rings. The second-order valence-corrected chi connectivity index (χ2v) is 11.6. The average molecular weight is 645 g/mol. The zero-order valence-corrected chi connectivity index (χ0v) is 25.8. The molecule has 47 heavy (non-hydrogen) atoms. The number of carboxylic acid groups (broad SMARTS) is 1. The van der Waals surface area contributed by atoms with E-state index in [2.05, 4.69) is 20.8 Å². The number of anilines is 1. The van der Waals surface area contributed by atoms with Crippen molar-refractivity contribution in [2.45, 2.75) is 45.8 Å². The van der Waals surface area contributed by atoms with Crippen LogP contribution in [0.1, 0.15) is 42.5 Å². The molecule has 2 heterocycles. The van der Waals surface area contributed by atoms with Crippen molar-refractivity contribution in [3.05, 3.63) is 101 Å². The maximum atomic E-state index is 15.2. The number of nitrogens with zero attached hydrogens (tertiary/aromatic N) is 2. The van der Waals surface area contributed by atoms with Crippen LogP contribution in [0.4, 0.5) is 19.3 Å². The van der Waals surface area contributed by atoms with Crippen molar-refractivity contribution in [1.82, 2.24) is 15.5 Å². The lowest BCUT2D eigenvalue weighted by molar-refractivity contribution is -0.139. The summed E-state index contributed by atoms with van der Waals surface area (Å²) in [5.41, 5.74) is 1.37. The molecule has 0 aliphatic carbocycles. The smallest absolute Gasteiger partial charge is 0.412 e. The summed E-state index contributed by atoms with van der Waals surface area (Å²) in [5.74, 6) is -4.92. The van der Waals surface area contributed by atoms with E-state index in [1.807, 2.05) is 31.2 Å². The summed E-state index contributed by atoms with van der Waals surface area (Å²) in [7, 11) is 0. The molecule has 0 radical (unpaired) electrons. The maximum Gasteiger partial charge on any atom is 0.412 e. The van der Waals surface area contributed by atoms with Crippen molar-refractivity contribution >= 4 is 23.7 Å². The number of carboxylic acids is 1. The van der Waals surface area contributed by atoms with Crippen molar-refractivity contribution in [2.24, 2.45) is 0 Å². The van der Waals surface area contributed by atoms with Crippen LogP contribution in [0.25, 0.3) is 34.2 Å². The Morgan fingerprint density at radius 1 is 0.915 bits per heavy atom. The molecule has 2 aromatic heterocycles. The lowest BCUT2D eigenvalue weighted by Crippen LogP contribution is -2.42. The van der Waals surface area contributed by atoms with E-state index in [4.69, 9.17) is 13.7 Å². The van der Waals surface area contributed by atoms with Gasteiger partial charge in [0, 0.05) is 23.2 Å². The third-order valence-corrected chi connectivity index (χ3v) is 6.80. The Morgan fingerprint density at radius 2 is 1.60 bits per heavy atom. The van der Waals surface area contributed by atoms with E-state index in [0.29, 0.717) is 17.0 Å². The van der Waals surface area contributed by atoms with E-state index in [1.165, 1.54) is 18.2 Å². The number of aryl methyl sites for hydroxylation is 1. The number of aromatic nitrogens is 2. The maximum absolute atomic E-state index is 15.2. The van der Waals surface area contributed by atoms with Crippen LogP contribution < -0.4 is 10.6 Å². The molecule has 1 atom stereocenters. The summed E-state index contributed by atoms with van der Waals surface area (Å²) in [5, 5.41) is 18.4. The van der Waals surface area contributed by atoms with Gasteiger partial charge >= 0.3 is 12.1 Å². The van der Waals surface area contributed by atoms with Crippen molar-refractivity contribution in [3.63, 3.8) is 0 Å². The third-order valence-electron chi connectivity index (χ3n) is 6.80. The number of nitrogens with one attached hydrogen (secondary N) is 2. The van der Waals surface area contributed by atoms with Crippen LogP contribution >= 0.6 is 0 Å². The minimum atomic E-state index is -1.60. The molecule has 0 saturated heterocycles. The van der Waals surface area contributed by atoms with Crippen molar-refractivity contribution in [2.75, 3.05) is 5.32 Å². The highest BCUT2D eigenvalue weighted by atomic mass is 19.2. The summed E-state index contributed by atoms with van der Waals surface area (Å²) < 4.78 is 46.5. The highest BCUT2D eigenvalue weighted by Crippen LogP contribution is 2.28. The standard InChI is InChI=1S/C34H30F2N4O7/c1-18-5-7-19(8-6-18)25-15-16-26(45-25)30(41)38-24(32(42)43)17-21-11-14-23(28(36)27(21)35)29-39-31(47-40-29)20-9-12-22(13-10-20)37-33(44)46-34(2,3)4/h5-16,24H,17H2,1-4H3,(H,37,44)(H,38,41)(H,42,43). The highest BCUT2D eigenvalue weighted by molar-refractivity contribution is 5.95. The Kier molecular flexibility index (Phi) is 9.17. The van der Waals surface area contributed by atoms with E-state index in [0.717, 1.165) is 11.1 Å². The van der Waals surface area contributed by atoms with Gasteiger partial charge in [-0.05, 0) is 75.7 Å². The van der Waals surface area contributed by atoms with Gasteiger partial charge in [-0.3, -0.25) is 10.1 Å². The molecular formula is C34H30F2N4O7. The fourth-order valence-electron chi connectivity index (χ4n) is 4.47. The van der Waals surface area contributed by atoms with Gasteiger partial charge in [-0.25, -0.2) is 18.4 Å². The first kappa shape index (κ1) is 32.5. The Labute approximate surface area is 267 Å².